The van der Waals surface area contributed by atoms with Crippen LogP contribution in [0.5, 0.6) is 0 Å². The lowest BCUT2D eigenvalue weighted by atomic mass is 10.1. The van der Waals surface area contributed by atoms with Gasteiger partial charge in [0.05, 0.1) is 11.9 Å². The number of aromatic nitrogens is 2. The second-order valence-electron chi connectivity index (χ2n) is 5.47. The molecule has 0 atom stereocenters. The molecule has 1 aliphatic heterocycles. The fraction of sp³-hybridized carbons (Fsp3) is 0.286. The lowest BCUT2D eigenvalue weighted by Gasteiger charge is -2.16. The Balaban J connectivity index is 1.76. The van der Waals surface area contributed by atoms with Gasteiger partial charge in [0.25, 0.3) is 10.2 Å². The van der Waals surface area contributed by atoms with Crippen LogP contribution in [0.2, 0.25) is 0 Å². The van der Waals surface area contributed by atoms with E-state index >= 15 is 0 Å². The third-order valence-electron chi connectivity index (χ3n) is 3.60. The maximum atomic E-state index is 12.0. The van der Waals surface area contributed by atoms with Crippen molar-refractivity contribution in [1.82, 2.24) is 9.78 Å². The molecule has 3 N–H and O–H groups in total. The van der Waals surface area contributed by atoms with Crippen molar-refractivity contribution < 1.29 is 13.2 Å². The summed E-state index contributed by atoms with van der Waals surface area (Å²) in [5.74, 6) is -0.242. The van der Waals surface area contributed by atoms with E-state index < -0.39 is 10.2 Å². The molecule has 0 radical (unpaired) electrons. The molecular formula is C14H17N5O3S. The van der Waals surface area contributed by atoms with E-state index in [9.17, 15) is 13.2 Å². The van der Waals surface area contributed by atoms with Crippen molar-refractivity contribution in [3.8, 4) is 0 Å². The molecule has 23 heavy (non-hydrogen) atoms. The molecule has 0 fully saturated rings. The molecule has 0 spiro atoms. The molecule has 2 aromatic rings. The first-order valence-electron chi connectivity index (χ1n) is 7.05. The molecule has 0 saturated carbocycles. The van der Waals surface area contributed by atoms with Crippen LogP contribution in [0.1, 0.15) is 11.1 Å². The smallest absolute Gasteiger partial charge is 0.299 e. The number of rotatable bonds is 4. The van der Waals surface area contributed by atoms with Crippen molar-refractivity contribution in [3.63, 3.8) is 0 Å². The summed E-state index contributed by atoms with van der Waals surface area (Å²) in [6, 6.07) is 5.17. The predicted octanol–water partition coefficient (Wildman–Crippen LogP) is 0.396. The highest BCUT2D eigenvalue weighted by atomic mass is 32.2. The van der Waals surface area contributed by atoms with Gasteiger partial charge in [-0.2, -0.15) is 13.5 Å². The molecule has 0 aliphatic carbocycles. The Kier molecular flexibility index (Phi) is 3.82. The van der Waals surface area contributed by atoms with Crippen LogP contribution in [0.4, 0.5) is 11.4 Å². The number of amides is 1. The lowest BCUT2D eigenvalue weighted by Crippen LogP contribution is -2.35. The highest BCUT2D eigenvalue weighted by Gasteiger charge is 2.26. The molecule has 0 saturated heterocycles. The summed E-state index contributed by atoms with van der Waals surface area (Å²) in [6.07, 6.45) is 4.05. The first kappa shape index (κ1) is 15.5. The number of fused-ring (bicyclic) bond motifs is 1. The van der Waals surface area contributed by atoms with E-state index in [2.05, 4.69) is 10.4 Å². The molecule has 122 valence electrons. The van der Waals surface area contributed by atoms with Gasteiger partial charge in [-0.25, -0.2) is 5.14 Å². The average molecular weight is 335 g/mol. The van der Waals surface area contributed by atoms with Crippen molar-refractivity contribution >= 4 is 27.5 Å². The number of hydrogen-bond donors (Lipinski definition) is 2. The number of nitrogens with two attached hydrogens (primary N) is 1. The Bertz CT molecular complexity index is 859. The standard InChI is InChI=1S/C14H17N5O3S/c1-10-7-16-18(8-10)9-14(20)17-12-3-2-11-4-5-19(13(11)6-12)23(15,21)22/h2-3,6-8H,4-5,9H2,1H3,(H,17,20)(H2,15,21,22). The summed E-state index contributed by atoms with van der Waals surface area (Å²) >= 11 is 0. The molecule has 8 nitrogen and oxygen atoms in total. The van der Waals surface area contributed by atoms with E-state index in [1.807, 2.05) is 6.92 Å². The number of nitrogens with one attached hydrogen (secondary N) is 1. The van der Waals surface area contributed by atoms with Crippen LogP contribution in [0.25, 0.3) is 0 Å². The second-order valence-corrected chi connectivity index (χ2v) is 6.94. The maximum absolute atomic E-state index is 12.0. The van der Waals surface area contributed by atoms with Crippen molar-refractivity contribution in [2.24, 2.45) is 5.14 Å². The van der Waals surface area contributed by atoms with E-state index in [1.54, 1.807) is 30.6 Å². The zero-order valence-electron chi connectivity index (χ0n) is 12.6. The SMILES string of the molecule is Cc1cnn(CC(=O)Nc2ccc3c(c2)N(S(N)(=O)=O)CC3)c1. The number of hydrogen-bond acceptors (Lipinski definition) is 4. The van der Waals surface area contributed by atoms with E-state index in [0.29, 0.717) is 24.3 Å². The van der Waals surface area contributed by atoms with Crippen LogP contribution >= 0.6 is 0 Å². The lowest BCUT2D eigenvalue weighted by molar-refractivity contribution is -0.116. The fourth-order valence-corrected chi connectivity index (χ4v) is 3.38. The number of anilines is 2. The molecule has 3 rings (SSSR count). The topological polar surface area (TPSA) is 110 Å². The van der Waals surface area contributed by atoms with Gasteiger partial charge in [0.15, 0.2) is 0 Å². The highest BCUT2D eigenvalue weighted by Crippen LogP contribution is 2.31. The molecule has 0 unspecified atom stereocenters. The van der Waals surface area contributed by atoms with Crippen LogP contribution in [-0.2, 0) is 28.0 Å². The average Bonchev–Trinajstić information content (AvgIpc) is 3.03. The number of nitrogens with zero attached hydrogens (tertiary/aromatic N) is 3. The minimum Gasteiger partial charge on any atom is -0.324 e. The zero-order chi connectivity index (χ0) is 16.6. The summed E-state index contributed by atoms with van der Waals surface area (Å²) in [5.41, 5.74) is 2.90. The monoisotopic (exact) mass is 335 g/mol. The summed E-state index contributed by atoms with van der Waals surface area (Å²) in [6.45, 7) is 2.30. The van der Waals surface area contributed by atoms with Crippen LogP contribution in [0.3, 0.4) is 0 Å². The van der Waals surface area contributed by atoms with Crippen molar-refractivity contribution in [2.45, 2.75) is 19.9 Å². The Morgan fingerprint density at radius 2 is 2.22 bits per heavy atom. The van der Waals surface area contributed by atoms with Crippen LogP contribution in [0.15, 0.2) is 30.6 Å². The number of carbonyl (C=O) groups excluding carboxylic acids is 1. The second kappa shape index (κ2) is 5.67. The highest BCUT2D eigenvalue weighted by molar-refractivity contribution is 7.90. The summed E-state index contributed by atoms with van der Waals surface area (Å²) in [5, 5.41) is 12.0. The summed E-state index contributed by atoms with van der Waals surface area (Å²) in [7, 11) is -3.80. The quantitative estimate of drug-likeness (QED) is 0.842. The number of aryl methyl sites for hydroxylation is 1. The van der Waals surface area contributed by atoms with Gasteiger partial charge in [-0.1, -0.05) is 6.07 Å². The van der Waals surface area contributed by atoms with Gasteiger partial charge in [0, 0.05) is 18.4 Å². The first-order chi connectivity index (χ1) is 10.8. The third kappa shape index (κ3) is 3.35. The van der Waals surface area contributed by atoms with Crippen molar-refractivity contribution in [2.75, 3.05) is 16.2 Å². The van der Waals surface area contributed by atoms with Gasteiger partial charge in [0.2, 0.25) is 5.91 Å². The molecule has 1 aromatic heterocycles. The van der Waals surface area contributed by atoms with Crippen molar-refractivity contribution in [1.29, 1.82) is 0 Å². The normalized spacial score (nSPS) is 13.9. The van der Waals surface area contributed by atoms with Gasteiger partial charge in [-0.05, 0) is 36.6 Å². The Morgan fingerprint density at radius 1 is 1.43 bits per heavy atom. The van der Waals surface area contributed by atoms with Gasteiger partial charge in [-0.15, -0.1) is 0 Å². The van der Waals surface area contributed by atoms with E-state index in [1.165, 1.54) is 4.68 Å². The van der Waals surface area contributed by atoms with Crippen molar-refractivity contribution in [3.05, 3.63) is 41.7 Å². The van der Waals surface area contributed by atoms with Crippen LogP contribution in [-0.4, -0.2) is 30.7 Å². The zero-order valence-corrected chi connectivity index (χ0v) is 13.4. The fourth-order valence-electron chi connectivity index (χ4n) is 2.59. The Labute approximate surface area is 134 Å². The van der Waals surface area contributed by atoms with Gasteiger partial charge >= 0.3 is 0 Å². The molecule has 1 amide bonds. The molecule has 9 heteroatoms. The number of benzene rings is 1. The van der Waals surface area contributed by atoms with E-state index in [-0.39, 0.29) is 12.5 Å². The first-order valence-corrected chi connectivity index (χ1v) is 8.55. The molecular weight excluding hydrogens is 318 g/mol. The summed E-state index contributed by atoms with van der Waals surface area (Å²) < 4.78 is 25.8. The van der Waals surface area contributed by atoms with Crippen LogP contribution < -0.4 is 14.8 Å². The summed E-state index contributed by atoms with van der Waals surface area (Å²) in [4.78, 5) is 12.0. The Morgan fingerprint density at radius 3 is 2.87 bits per heavy atom. The van der Waals surface area contributed by atoms with Crippen LogP contribution in [0, 0.1) is 6.92 Å². The minimum absolute atomic E-state index is 0.0871. The molecule has 1 aliphatic rings. The van der Waals surface area contributed by atoms with E-state index in [4.69, 9.17) is 5.14 Å². The van der Waals surface area contributed by atoms with Gasteiger partial charge in [0.1, 0.15) is 6.54 Å². The predicted molar refractivity (Wildman–Crippen MR) is 86.2 cm³/mol. The molecule has 0 bridgehead atoms. The van der Waals surface area contributed by atoms with Gasteiger partial charge < -0.3 is 5.32 Å². The van der Waals surface area contributed by atoms with Gasteiger partial charge in [-0.3, -0.25) is 13.8 Å². The number of carbonyl (C=O) groups is 1. The third-order valence-corrected chi connectivity index (χ3v) is 4.59. The maximum Gasteiger partial charge on any atom is 0.299 e. The minimum atomic E-state index is -3.80. The Hall–Kier alpha value is -2.39. The van der Waals surface area contributed by atoms with E-state index in [0.717, 1.165) is 15.4 Å². The molecule has 1 aromatic carbocycles. The largest absolute Gasteiger partial charge is 0.324 e. The molecule has 2 heterocycles.